The standard InChI is InChI=1S/C23H21N7O/c1-14-7-9-17(26-12-14)11-18(24)28-22-20(16-8-10-19(31)27-13-16)21(29-23(25)30-22)15-5-3-2-4-6-15/h2-10,12-13H,11H2,1H3,(H,27,31)(H4,24,25,28,29,30). The molecule has 0 saturated heterocycles. The summed E-state index contributed by atoms with van der Waals surface area (Å²) in [7, 11) is 0. The largest absolute Gasteiger partial charge is 0.369 e. The van der Waals surface area contributed by atoms with E-state index in [9.17, 15) is 4.79 Å². The summed E-state index contributed by atoms with van der Waals surface area (Å²) in [5.41, 5.74) is 10.8. The van der Waals surface area contributed by atoms with Crippen LogP contribution >= 0.6 is 0 Å². The predicted octanol–water partition coefficient (Wildman–Crippen LogP) is 2.84. The second kappa shape index (κ2) is 8.58. The number of aromatic nitrogens is 4. The van der Waals surface area contributed by atoms with Gasteiger partial charge in [0, 0.05) is 41.7 Å². The van der Waals surface area contributed by atoms with Gasteiger partial charge in [-0.15, -0.1) is 0 Å². The number of aromatic amines is 2. The van der Waals surface area contributed by atoms with Gasteiger partial charge in [0.05, 0.1) is 11.3 Å². The van der Waals surface area contributed by atoms with E-state index in [1.165, 1.54) is 6.07 Å². The lowest BCUT2D eigenvalue weighted by molar-refractivity contribution is 1.06. The Bertz CT molecular complexity index is 1330. The molecule has 5 N–H and O–H groups in total. The molecule has 154 valence electrons. The minimum Gasteiger partial charge on any atom is -0.369 e. The van der Waals surface area contributed by atoms with Crippen molar-refractivity contribution in [3.8, 4) is 22.4 Å². The Hall–Kier alpha value is -4.33. The molecule has 0 saturated carbocycles. The summed E-state index contributed by atoms with van der Waals surface area (Å²) < 4.78 is 0. The molecule has 0 radical (unpaired) electrons. The molecule has 1 aromatic carbocycles. The van der Waals surface area contributed by atoms with Crippen molar-refractivity contribution in [1.29, 1.82) is 5.41 Å². The molecule has 0 unspecified atom stereocenters. The number of H-pyrrole nitrogens is 2. The van der Waals surface area contributed by atoms with Gasteiger partial charge in [-0.3, -0.25) is 15.2 Å². The third-order valence-electron chi connectivity index (χ3n) is 4.64. The Kier molecular flexibility index (Phi) is 5.53. The minimum atomic E-state index is -0.214. The van der Waals surface area contributed by atoms with Crippen LogP contribution in [0.2, 0.25) is 0 Å². The van der Waals surface area contributed by atoms with E-state index in [-0.39, 0.29) is 23.8 Å². The lowest BCUT2D eigenvalue weighted by atomic mass is 10.0. The van der Waals surface area contributed by atoms with Crippen LogP contribution in [0.15, 0.2) is 76.8 Å². The number of nitrogens with two attached hydrogens (primary N) is 1. The fourth-order valence-corrected chi connectivity index (χ4v) is 3.18. The van der Waals surface area contributed by atoms with E-state index in [1.54, 1.807) is 18.5 Å². The molecular weight excluding hydrogens is 390 g/mol. The van der Waals surface area contributed by atoms with Crippen LogP contribution in [0.25, 0.3) is 22.4 Å². The average Bonchev–Trinajstić information content (AvgIpc) is 2.76. The van der Waals surface area contributed by atoms with E-state index in [1.807, 2.05) is 49.4 Å². The molecule has 0 aliphatic rings. The molecule has 0 aliphatic carbocycles. The molecule has 4 rings (SSSR count). The molecule has 0 amide bonds. The van der Waals surface area contributed by atoms with Crippen molar-refractivity contribution < 1.29 is 0 Å². The van der Waals surface area contributed by atoms with Crippen LogP contribution in [-0.2, 0) is 6.42 Å². The molecule has 0 aliphatic heterocycles. The molecule has 0 bridgehead atoms. The molecular formula is C23H21N7O. The highest BCUT2D eigenvalue weighted by atomic mass is 16.1. The molecule has 0 fully saturated rings. The monoisotopic (exact) mass is 411 g/mol. The average molecular weight is 411 g/mol. The number of anilines is 1. The van der Waals surface area contributed by atoms with Gasteiger partial charge in [-0.25, -0.2) is 9.98 Å². The van der Waals surface area contributed by atoms with Gasteiger partial charge in [-0.2, -0.15) is 0 Å². The first kappa shape index (κ1) is 20.0. The number of nitrogens with one attached hydrogen (secondary N) is 3. The fourth-order valence-electron chi connectivity index (χ4n) is 3.18. The molecule has 3 heterocycles. The van der Waals surface area contributed by atoms with E-state index < -0.39 is 0 Å². The quantitative estimate of drug-likeness (QED) is 0.303. The maximum atomic E-state index is 11.6. The Morgan fingerprint density at radius 2 is 1.90 bits per heavy atom. The number of hydrogen-bond acceptors (Lipinski definition) is 5. The van der Waals surface area contributed by atoms with Gasteiger partial charge in [0.1, 0.15) is 11.3 Å². The number of nitrogen functional groups attached to an aromatic ring is 1. The minimum absolute atomic E-state index is 0.114. The topological polar surface area (TPSA) is 137 Å². The van der Waals surface area contributed by atoms with Crippen molar-refractivity contribution in [2.24, 2.45) is 4.99 Å². The molecule has 4 aromatic rings. The highest BCUT2D eigenvalue weighted by Gasteiger charge is 2.14. The number of aryl methyl sites for hydroxylation is 1. The second-order valence-electron chi connectivity index (χ2n) is 7.06. The van der Waals surface area contributed by atoms with Crippen LogP contribution in [0.5, 0.6) is 0 Å². The van der Waals surface area contributed by atoms with Crippen LogP contribution in [0.4, 0.5) is 5.95 Å². The third-order valence-corrected chi connectivity index (χ3v) is 4.64. The number of pyridine rings is 2. The summed E-state index contributed by atoms with van der Waals surface area (Å²) in [5, 5.41) is 8.41. The van der Waals surface area contributed by atoms with Gasteiger partial charge in [-0.05, 0) is 24.6 Å². The van der Waals surface area contributed by atoms with Crippen molar-refractivity contribution >= 4 is 11.8 Å². The Labute approximate surface area is 178 Å². The maximum absolute atomic E-state index is 11.6. The highest BCUT2D eigenvalue weighted by molar-refractivity contribution is 5.84. The fraction of sp³-hybridized carbons (Fsp3) is 0.0870. The van der Waals surface area contributed by atoms with Gasteiger partial charge in [-0.1, -0.05) is 36.4 Å². The number of hydrogen-bond donors (Lipinski definition) is 4. The van der Waals surface area contributed by atoms with Gasteiger partial charge >= 0.3 is 0 Å². The lowest BCUT2D eigenvalue weighted by Gasteiger charge is -2.11. The molecule has 3 aromatic heterocycles. The number of rotatable bonds is 4. The SMILES string of the molecule is Cc1ccc(CC(=N)/N=c2\[nH]c(N)nc(-c3ccccc3)c2-c2ccc(=O)[nH]c2)nc1. The maximum Gasteiger partial charge on any atom is 0.247 e. The van der Waals surface area contributed by atoms with Crippen LogP contribution in [0.1, 0.15) is 11.3 Å². The van der Waals surface area contributed by atoms with E-state index in [0.717, 1.165) is 16.8 Å². The summed E-state index contributed by atoms with van der Waals surface area (Å²) in [6.45, 7) is 1.96. The highest BCUT2D eigenvalue weighted by Crippen LogP contribution is 2.27. The third kappa shape index (κ3) is 4.64. The van der Waals surface area contributed by atoms with Crippen LogP contribution in [0.3, 0.4) is 0 Å². The lowest BCUT2D eigenvalue weighted by Crippen LogP contribution is -2.20. The molecule has 8 heteroatoms. The predicted molar refractivity (Wildman–Crippen MR) is 120 cm³/mol. The zero-order valence-electron chi connectivity index (χ0n) is 16.9. The van der Waals surface area contributed by atoms with Crippen molar-refractivity contribution in [2.75, 3.05) is 5.73 Å². The number of nitrogens with zero attached hydrogens (tertiary/aromatic N) is 3. The summed E-state index contributed by atoms with van der Waals surface area (Å²) >= 11 is 0. The van der Waals surface area contributed by atoms with Crippen LogP contribution in [0, 0.1) is 12.3 Å². The number of amidine groups is 1. The first-order valence-corrected chi connectivity index (χ1v) is 9.67. The summed E-state index contributed by atoms with van der Waals surface area (Å²) in [4.78, 5) is 30.6. The van der Waals surface area contributed by atoms with E-state index >= 15 is 0 Å². The smallest absolute Gasteiger partial charge is 0.247 e. The second-order valence-corrected chi connectivity index (χ2v) is 7.06. The van der Waals surface area contributed by atoms with Gasteiger partial charge < -0.3 is 15.7 Å². The van der Waals surface area contributed by atoms with Crippen molar-refractivity contribution in [3.63, 3.8) is 0 Å². The van der Waals surface area contributed by atoms with Crippen LogP contribution in [-0.4, -0.2) is 25.8 Å². The normalized spacial score (nSPS) is 11.5. The zero-order chi connectivity index (χ0) is 21.8. The van der Waals surface area contributed by atoms with Gasteiger partial charge in [0.25, 0.3) is 0 Å². The van der Waals surface area contributed by atoms with Crippen LogP contribution < -0.4 is 16.8 Å². The van der Waals surface area contributed by atoms with Crippen molar-refractivity contribution in [2.45, 2.75) is 13.3 Å². The zero-order valence-corrected chi connectivity index (χ0v) is 16.9. The summed E-state index contributed by atoms with van der Waals surface area (Å²) in [5.74, 6) is 0.287. The Balaban J connectivity index is 1.88. The van der Waals surface area contributed by atoms with Crippen molar-refractivity contribution in [3.05, 3.63) is 94.1 Å². The Morgan fingerprint density at radius 3 is 2.58 bits per heavy atom. The summed E-state index contributed by atoms with van der Waals surface area (Å²) in [6, 6.07) is 16.5. The Morgan fingerprint density at radius 1 is 1.10 bits per heavy atom. The van der Waals surface area contributed by atoms with Gasteiger partial charge in [0.2, 0.25) is 5.56 Å². The molecule has 0 spiro atoms. The number of benzene rings is 1. The van der Waals surface area contributed by atoms with E-state index in [0.29, 0.717) is 22.3 Å². The molecule has 8 nitrogen and oxygen atoms in total. The van der Waals surface area contributed by atoms with Gasteiger partial charge in [0.15, 0.2) is 5.95 Å². The van der Waals surface area contributed by atoms with Crippen molar-refractivity contribution in [1.82, 2.24) is 19.9 Å². The molecule has 31 heavy (non-hydrogen) atoms. The first-order valence-electron chi connectivity index (χ1n) is 9.67. The van der Waals surface area contributed by atoms with E-state index in [4.69, 9.17) is 11.1 Å². The molecule has 0 atom stereocenters. The first-order chi connectivity index (χ1) is 15.0. The summed E-state index contributed by atoms with van der Waals surface area (Å²) in [6.07, 6.45) is 3.63. The van der Waals surface area contributed by atoms with E-state index in [2.05, 4.69) is 24.9 Å².